The number of hydrogen-bond acceptors (Lipinski definition) is 0. The number of fused-ring (bicyclic) bond motifs is 9. The van der Waals surface area contributed by atoms with Crippen LogP contribution < -0.4 is 0 Å². The van der Waals surface area contributed by atoms with Crippen LogP contribution in [0.3, 0.4) is 0 Å². The van der Waals surface area contributed by atoms with Crippen LogP contribution in [-0.2, 0) is 0 Å². The lowest BCUT2D eigenvalue weighted by Gasteiger charge is -2.14. The van der Waals surface area contributed by atoms with Gasteiger partial charge in [0.15, 0.2) is 0 Å². The van der Waals surface area contributed by atoms with Crippen molar-refractivity contribution in [1.82, 2.24) is 13.7 Å². The van der Waals surface area contributed by atoms with Crippen LogP contribution in [0.25, 0.3) is 105 Å². The summed E-state index contributed by atoms with van der Waals surface area (Å²) >= 11 is 0. The molecule has 9 aromatic carbocycles. The van der Waals surface area contributed by atoms with Crippen molar-refractivity contribution in [3.05, 3.63) is 212 Å². The summed E-state index contributed by atoms with van der Waals surface area (Å²) < 4.78 is 7.27. The lowest BCUT2D eigenvalue weighted by molar-refractivity contribution is 1.16. The van der Waals surface area contributed by atoms with Gasteiger partial charge in [-0.2, -0.15) is 0 Å². The molecule has 0 atom stereocenters. The first kappa shape index (κ1) is 31.7. The third kappa shape index (κ3) is 4.73. The van der Waals surface area contributed by atoms with Gasteiger partial charge in [0.1, 0.15) is 0 Å². The van der Waals surface area contributed by atoms with Gasteiger partial charge < -0.3 is 13.7 Å². The summed E-state index contributed by atoms with van der Waals surface area (Å²) in [6.07, 6.45) is 0. The summed E-state index contributed by atoms with van der Waals surface area (Å²) in [5.41, 5.74) is 15.5. The fraction of sp³-hybridized carbons (Fsp3) is 0. The molecule has 0 amide bonds. The van der Waals surface area contributed by atoms with Crippen LogP contribution in [0.1, 0.15) is 0 Å². The van der Waals surface area contributed by atoms with E-state index in [4.69, 9.17) is 0 Å². The maximum Gasteiger partial charge on any atom is 0.0568 e. The fourth-order valence-electron chi connectivity index (χ4n) is 9.43. The molecular weight excluding hydrogens is 691 g/mol. The third-order valence-corrected chi connectivity index (χ3v) is 11.8. The van der Waals surface area contributed by atoms with E-state index in [1.165, 1.54) is 93.4 Å². The molecule has 57 heavy (non-hydrogen) atoms. The Hall–Kier alpha value is -7.62. The molecule has 0 fully saturated rings. The van der Waals surface area contributed by atoms with Crippen molar-refractivity contribution in [2.24, 2.45) is 0 Å². The van der Waals surface area contributed by atoms with Gasteiger partial charge in [-0.3, -0.25) is 0 Å². The Morgan fingerprint density at radius 2 is 0.632 bits per heavy atom. The van der Waals surface area contributed by atoms with E-state index in [1.54, 1.807) is 0 Å². The zero-order valence-corrected chi connectivity index (χ0v) is 31.0. The summed E-state index contributed by atoms with van der Waals surface area (Å²) in [4.78, 5) is 0. The first-order valence-electron chi connectivity index (χ1n) is 19.6. The fourth-order valence-corrected chi connectivity index (χ4v) is 9.43. The number of benzene rings is 9. The third-order valence-electron chi connectivity index (χ3n) is 11.8. The Labute approximate surface area is 329 Å². The Balaban J connectivity index is 1.18. The highest BCUT2D eigenvalue weighted by molar-refractivity contribution is 6.28. The highest BCUT2D eigenvalue weighted by Gasteiger charge is 2.24. The zero-order valence-electron chi connectivity index (χ0n) is 31.0. The number of aromatic nitrogens is 3. The summed E-state index contributed by atoms with van der Waals surface area (Å²) in [5, 5.41) is 7.51. The molecule has 3 aromatic heterocycles. The average molecular weight is 726 g/mol. The summed E-state index contributed by atoms with van der Waals surface area (Å²) in [5.74, 6) is 0. The van der Waals surface area contributed by atoms with Gasteiger partial charge in [0.2, 0.25) is 0 Å². The number of hydrogen-bond donors (Lipinski definition) is 0. The van der Waals surface area contributed by atoms with E-state index in [9.17, 15) is 0 Å². The van der Waals surface area contributed by atoms with Crippen molar-refractivity contribution in [3.8, 4) is 39.3 Å². The lowest BCUT2D eigenvalue weighted by Crippen LogP contribution is -1.96. The number of rotatable bonds is 5. The minimum Gasteiger partial charge on any atom is -0.309 e. The highest BCUT2D eigenvalue weighted by atomic mass is 15.0. The standard InChI is InChI=1S/C54H35N3/c1-4-19-39(20-5-1)55-46-28-13-10-25-42(46)45-34-37(31-32-49(45)55)36-17-16-18-38(33-36)52-53-43-26-11-14-29-47(43)56(40-21-6-2-7-22-40)50(53)35-51-54(52)44-27-12-15-30-48(44)57(51)41-23-8-3-9-24-41/h1-35H. The van der Waals surface area contributed by atoms with Crippen molar-refractivity contribution < 1.29 is 0 Å². The zero-order chi connectivity index (χ0) is 37.5. The molecule has 0 N–H and O–H groups in total. The second kappa shape index (κ2) is 12.5. The Morgan fingerprint density at radius 3 is 1.18 bits per heavy atom. The molecule has 266 valence electrons. The summed E-state index contributed by atoms with van der Waals surface area (Å²) in [6.45, 7) is 0. The Bertz CT molecular complexity index is 3360. The van der Waals surface area contributed by atoms with Crippen LogP contribution in [0.2, 0.25) is 0 Å². The van der Waals surface area contributed by atoms with Crippen LogP contribution in [0, 0.1) is 0 Å². The van der Waals surface area contributed by atoms with Crippen LogP contribution in [0.15, 0.2) is 212 Å². The normalized spacial score (nSPS) is 11.9. The van der Waals surface area contributed by atoms with E-state index in [-0.39, 0.29) is 0 Å². The van der Waals surface area contributed by atoms with E-state index in [0.29, 0.717) is 0 Å². The molecule has 0 saturated carbocycles. The van der Waals surface area contributed by atoms with E-state index in [1.807, 2.05) is 0 Å². The van der Waals surface area contributed by atoms with Gasteiger partial charge in [0.25, 0.3) is 0 Å². The molecule has 0 bridgehead atoms. The van der Waals surface area contributed by atoms with Crippen molar-refractivity contribution in [3.63, 3.8) is 0 Å². The van der Waals surface area contributed by atoms with Crippen molar-refractivity contribution in [2.45, 2.75) is 0 Å². The largest absolute Gasteiger partial charge is 0.309 e. The van der Waals surface area contributed by atoms with Crippen LogP contribution >= 0.6 is 0 Å². The summed E-state index contributed by atoms with van der Waals surface area (Å²) in [6, 6.07) is 77.4. The molecule has 3 heterocycles. The Kier molecular flexibility index (Phi) is 6.93. The molecule has 0 aliphatic rings. The maximum absolute atomic E-state index is 2.45. The van der Waals surface area contributed by atoms with Crippen molar-refractivity contribution in [1.29, 1.82) is 0 Å². The van der Waals surface area contributed by atoms with E-state index in [2.05, 4.69) is 226 Å². The average Bonchev–Trinajstić information content (AvgIpc) is 3.92. The first-order valence-corrected chi connectivity index (χ1v) is 19.6. The quantitative estimate of drug-likeness (QED) is 0.168. The van der Waals surface area contributed by atoms with Crippen molar-refractivity contribution in [2.75, 3.05) is 0 Å². The monoisotopic (exact) mass is 725 g/mol. The predicted molar refractivity (Wildman–Crippen MR) is 240 cm³/mol. The van der Waals surface area contributed by atoms with Gasteiger partial charge in [-0.05, 0) is 95.6 Å². The topological polar surface area (TPSA) is 14.8 Å². The second-order valence-corrected chi connectivity index (χ2v) is 14.9. The molecule has 0 spiro atoms. The molecule has 0 saturated heterocycles. The van der Waals surface area contributed by atoms with E-state index >= 15 is 0 Å². The molecule has 3 heteroatoms. The number of para-hydroxylation sites is 6. The molecule has 0 unspecified atom stereocenters. The molecule has 3 nitrogen and oxygen atoms in total. The molecule has 12 aromatic rings. The van der Waals surface area contributed by atoms with E-state index in [0.717, 1.165) is 11.4 Å². The van der Waals surface area contributed by atoms with Crippen LogP contribution in [0.4, 0.5) is 0 Å². The van der Waals surface area contributed by atoms with Gasteiger partial charge in [-0.15, -0.1) is 0 Å². The molecule has 0 aliphatic carbocycles. The molecular formula is C54H35N3. The molecule has 0 radical (unpaired) electrons. The SMILES string of the molecule is c1ccc(-n2c3ccccc3c3cc(-c4cccc(-c5c6c7ccccc7n(-c7ccccc7)c6cc6c5c5ccccc5n6-c5ccccc5)c4)ccc32)cc1. The molecule has 12 rings (SSSR count). The smallest absolute Gasteiger partial charge is 0.0568 e. The van der Waals surface area contributed by atoms with Gasteiger partial charge >= 0.3 is 0 Å². The van der Waals surface area contributed by atoms with Crippen LogP contribution in [0.5, 0.6) is 0 Å². The maximum atomic E-state index is 2.45. The van der Waals surface area contributed by atoms with Gasteiger partial charge in [-0.25, -0.2) is 0 Å². The van der Waals surface area contributed by atoms with E-state index < -0.39 is 0 Å². The predicted octanol–water partition coefficient (Wildman–Crippen LogP) is 14.3. The minimum atomic E-state index is 1.15. The van der Waals surface area contributed by atoms with Crippen LogP contribution in [-0.4, -0.2) is 13.7 Å². The second-order valence-electron chi connectivity index (χ2n) is 14.9. The van der Waals surface area contributed by atoms with Gasteiger partial charge in [0.05, 0.1) is 33.1 Å². The van der Waals surface area contributed by atoms with Gasteiger partial charge in [-0.1, -0.05) is 133 Å². The first-order chi connectivity index (χ1) is 28.3. The molecule has 0 aliphatic heterocycles. The van der Waals surface area contributed by atoms with Gasteiger partial charge in [0, 0.05) is 54.9 Å². The highest BCUT2D eigenvalue weighted by Crippen LogP contribution is 2.47. The number of nitrogens with zero attached hydrogens (tertiary/aromatic N) is 3. The van der Waals surface area contributed by atoms with Crippen molar-refractivity contribution >= 4 is 65.4 Å². The summed E-state index contributed by atoms with van der Waals surface area (Å²) in [7, 11) is 0. The Morgan fingerprint density at radius 1 is 0.228 bits per heavy atom. The minimum absolute atomic E-state index is 1.15. The lowest BCUT2D eigenvalue weighted by atomic mass is 9.92.